The quantitative estimate of drug-likeness (QED) is 0.424. The number of allylic oxidation sites excluding steroid dienone is 1. The Labute approximate surface area is 189 Å². The second-order valence-corrected chi connectivity index (χ2v) is 7.86. The van der Waals surface area contributed by atoms with Gasteiger partial charge in [-0.1, -0.05) is 78.9 Å². The summed E-state index contributed by atoms with van der Waals surface area (Å²) in [5.41, 5.74) is 4.85. The highest BCUT2D eigenvalue weighted by atomic mass is 32.1. The summed E-state index contributed by atoms with van der Waals surface area (Å²) in [6.07, 6.45) is 1.70. The number of benzene rings is 3. The molecule has 0 unspecified atom stereocenters. The minimum atomic E-state index is -0.443. The third kappa shape index (κ3) is 3.61. The first-order valence-corrected chi connectivity index (χ1v) is 10.6. The summed E-state index contributed by atoms with van der Waals surface area (Å²) in [6, 6.07) is 27.2. The van der Waals surface area contributed by atoms with Gasteiger partial charge in [0.2, 0.25) is 5.88 Å². The monoisotopic (exact) mass is 437 g/mol. The Morgan fingerprint density at radius 2 is 1.59 bits per heavy atom. The van der Waals surface area contributed by atoms with Crippen LogP contribution in [-0.2, 0) is 6.54 Å². The highest BCUT2D eigenvalue weighted by Crippen LogP contribution is 2.38. The number of aromatic nitrogens is 2. The molecule has 0 amide bonds. The molecule has 2 heterocycles. The molecule has 1 aromatic heterocycles. The first-order chi connectivity index (χ1) is 15.6. The van der Waals surface area contributed by atoms with E-state index in [1.165, 1.54) is 4.57 Å². The predicted octanol–water partition coefficient (Wildman–Crippen LogP) is 5.33. The molecule has 0 bridgehead atoms. The van der Waals surface area contributed by atoms with Gasteiger partial charge in [0.1, 0.15) is 5.56 Å². The molecule has 5 nitrogen and oxygen atoms in total. The molecule has 0 atom stereocenters. The van der Waals surface area contributed by atoms with Crippen LogP contribution in [0, 0.1) is 4.77 Å². The second-order valence-electron chi connectivity index (χ2n) is 7.47. The van der Waals surface area contributed by atoms with Crippen LogP contribution >= 0.6 is 12.2 Å². The number of H-pyrrole nitrogens is 1. The third-order valence-corrected chi connectivity index (χ3v) is 5.73. The van der Waals surface area contributed by atoms with Crippen molar-refractivity contribution in [3.8, 4) is 5.88 Å². The fourth-order valence-electron chi connectivity index (χ4n) is 3.83. The zero-order chi connectivity index (χ0) is 22.1. The minimum Gasteiger partial charge on any atom is -0.494 e. The summed E-state index contributed by atoms with van der Waals surface area (Å²) in [7, 11) is 0. The zero-order valence-corrected chi connectivity index (χ0v) is 17.8. The molecule has 5 rings (SSSR count). The molecule has 6 heteroatoms. The first kappa shape index (κ1) is 19.9. The van der Waals surface area contributed by atoms with E-state index in [1.807, 2.05) is 84.9 Å². The molecular weight excluding hydrogens is 418 g/mol. The van der Waals surface area contributed by atoms with Crippen molar-refractivity contribution in [3.05, 3.63) is 122 Å². The summed E-state index contributed by atoms with van der Waals surface area (Å²) in [5, 5.41) is 11.1. The molecular formula is C26H19N3O2S. The number of aromatic hydroxyl groups is 1. The number of hydrogen-bond donors (Lipinski definition) is 2. The lowest BCUT2D eigenvalue weighted by Crippen LogP contribution is -2.17. The van der Waals surface area contributed by atoms with E-state index in [0.717, 1.165) is 33.7 Å². The van der Waals surface area contributed by atoms with Crippen molar-refractivity contribution in [2.45, 2.75) is 6.54 Å². The van der Waals surface area contributed by atoms with Gasteiger partial charge in [0.05, 0.1) is 17.9 Å². The summed E-state index contributed by atoms with van der Waals surface area (Å²) in [4.78, 5) is 20.3. The zero-order valence-electron chi connectivity index (χ0n) is 17.0. The molecule has 2 N–H and O–H groups in total. The van der Waals surface area contributed by atoms with Crippen molar-refractivity contribution in [3.63, 3.8) is 0 Å². The summed E-state index contributed by atoms with van der Waals surface area (Å²) in [5.74, 6) is -0.174. The summed E-state index contributed by atoms with van der Waals surface area (Å²) >= 11 is 5.33. The Kier molecular flexibility index (Phi) is 5.13. The largest absolute Gasteiger partial charge is 0.494 e. The van der Waals surface area contributed by atoms with Gasteiger partial charge in [0, 0.05) is 16.7 Å². The van der Waals surface area contributed by atoms with Crippen LogP contribution < -0.4 is 5.56 Å². The predicted molar refractivity (Wildman–Crippen MR) is 130 cm³/mol. The van der Waals surface area contributed by atoms with E-state index in [2.05, 4.69) is 4.98 Å². The van der Waals surface area contributed by atoms with Crippen LogP contribution in [0.1, 0.15) is 22.3 Å². The van der Waals surface area contributed by atoms with Crippen LogP contribution in [0.5, 0.6) is 5.88 Å². The van der Waals surface area contributed by atoms with Gasteiger partial charge in [-0.15, -0.1) is 0 Å². The third-order valence-electron chi connectivity index (χ3n) is 5.41. The van der Waals surface area contributed by atoms with E-state index in [1.54, 1.807) is 6.08 Å². The Hall–Kier alpha value is -4.03. The molecule has 0 saturated heterocycles. The van der Waals surface area contributed by atoms with E-state index in [0.29, 0.717) is 6.54 Å². The molecule has 0 spiro atoms. The van der Waals surface area contributed by atoms with Crippen molar-refractivity contribution in [1.29, 1.82) is 0 Å². The van der Waals surface area contributed by atoms with Crippen LogP contribution in [0.3, 0.4) is 0 Å². The topological polar surface area (TPSA) is 70.4 Å². The van der Waals surface area contributed by atoms with E-state index in [9.17, 15) is 9.90 Å². The van der Waals surface area contributed by atoms with Crippen LogP contribution in [0.2, 0.25) is 0 Å². The molecule has 156 valence electrons. The first-order valence-electron chi connectivity index (χ1n) is 10.2. The SMILES string of the molecule is O=c1[nH]c(=S)n(Cc2ccccc2)c(O)c1C=C1C(c2ccccc2)=Nc2ccccc21. The van der Waals surface area contributed by atoms with Gasteiger partial charge in [-0.2, -0.15) is 0 Å². The molecule has 0 aliphatic carbocycles. The van der Waals surface area contributed by atoms with Crippen molar-refractivity contribution < 1.29 is 5.11 Å². The number of nitrogens with one attached hydrogen (secondary N) is 1. The Bertz CT molecular complexity index is 1480. The molecule has 1 aliphatic rings. The molecule has 0 saturated carbocycles. The van der Waals surface area contributed by atoms with E-state index >= 15 is 0 Å². The van der Waals surface area contributed by atoms with E-state index in [4.69, 9.17) is 17.2 Å². The maximum Gasteiger partial charge on any atom is 0.262 e. The lowest BCUT2D eigenvalue weighted by atomic mass is 9.96. The van der Waals surface area contributed by atoms with Crippen molar-refractivity contribution in [2.24, 2.45) is 4.99 Å². The number of aromatic amines is 1. The van der Waals surface area contributed by atoms with Crippen molar-refractivity contribution in [2.75, 3.05) is 0 Å². The van der Waals surface area contributed by atoms with Gasteiger partial charge in [-0.05, 0) is 29.9 Å². The number of rotatable bonds is 4. The average Bonchev–Trinajstić information content (AvgIpc) is 3.19. The van der Waals surface area contributed by atoms with Crippen LogP contribution in [-0.4, -0.2) is 20.4 Å². The standard InChI is InChI=1S/C26H19N3O2S/c30-24-21(25(31)29(26(32)28-24)16-17-9-3-1-4-10-17)15-20-19-13-7-8-14-22(19)27-23(20)18-11-5-2-6-12-18/h1-15,31H,16H2,(H,28,30,32). The number of hydrogen-bond acceptors (Lipinski definition) is 4. The molecule has 4 aromatic rings. The number of para-hydroxylation sites is 1. The lowest BCUT2D eigenvalue weighted by molar-refractivity contribution is 0.411. The Balaban J connectivity index is 1.68. The maximum absolute atomic E-state index is 12.8. The number of aliphatic imine (C=N–C) groups is 1. The maximum atomic E-state index is 12.8. The number of nitrogens with zero attached hydrogens (tertiary/aromatic N) is 2. The van der Waals surface area contributed by atoms with E-state index in [-0.39, 0.29) is 16.2 Å². The molecule has 0 fully saturated rings. The van der Waals surface area contributed by atoms with Crippen molar-refractivity contribution in [1.82, 2.24) is 9.55 Å². The van der Waals surface area contributed by atoms with Crippen LogP contribution in [0.15, 0.2) is 94.7 Å². The Morgan fingerprint density at radius 1 is 0.938 bits per heavy atom. The average molecular weight is 438 g/mol. The van der Waals surface area contributed by atoms with Gasteiger partial charge >= 0.3 is 0 Å². The van der Waals surface area contributed by atoms with Crippen LogP contribution in [0.4, 0.5) is 5.69 Å². The summed E-state index contributed by atoms with van der Waals surface area (Å²) in [6.45, 7) is 0.342. The Morgan fingerprint density at radius 3 is 2.34 bits per heavy atom. The fraction of sp³-hybridized carbons (Fsp3) is 0.0385. The fourth-order valence-corrected chi connectivity index (χ4v) is 4.08. The molecule has 3 aromatic carbocycles. The molecule has 0 radical (unpaired) electrons. The second kappa shape index (κ2) is 8.24. The normalized spacial score (nSPS) is 13.8. The van der Waals surface area contributed by atoms with Gasteiger partial charge in [-0.25, -0.2) is 4.99 Å². The highest BCUT2D eigenvalue weighted by Gasteiger charge is 2.23. The smallest absolute Gasteiger partial charge is 0.262 e. The minimum absolute atomic E-state index is 0.143. The lowest BCUT2D eigenvalue weighted by Gasteiger charge is -2.12. The van der Waals surface area contributed by atoms with Gasteiger partial charge in [-0.3, -0.25) is 14.3 Å². The van der Waals surface area contributed by atoms with E-state index < -0.39 is 5.56 Å². The summed E-state index contributed by atoms with van der Waals surface area (Å²) < 4.78 is 1.70. The number of fused-ring (bicyclic) bond motifs is 1. The highest BCUT2D eigenvalue weighted by molar-refractivity contribution is 7.71. The molecule has 32 heavy (non-hydrogen) atoms. The van der Waals surface area contributed by atoms with Crippen LogP contribution in [0.25, 0.3) is 11.6 Å². The van der Waals surface area contributed by atoms with Gasteiger partial charge < -0.3 is 5.11 Å². The van der Waals surface area contributed by atoms with Crippen molar-refractivity contribution >= 4 is 35.3 Å². The van der Waals surface area contributed by atoms with Gasteiger partial charge in [0.15, 0.2) is 4.77 Å². The molecule has 1 aliphatic heterocycles. The van der Waals surface area contributed by atoms with Gasteiger partial charge in [0.25, 0.3) is 5.56 Å².